The molecule has 2 aromatic heterocycles. The third-order valence-corrected chi connectivity index (χ3v) is 7.68. The minimum atomic E-state index is -4.51. The van der Waals surface area contributed by atoms with Crippen LogP contribution in [0.1, 0.15) is 36.6 Å². The second-order valence-electron chi connectivity index (χ2n) is 9.47. The van der Waals surface area contributed by atoms with Gasteiger partial charge in [-0.15, -0.1) is 10.2 Å². The molecule has 3 fully saturated rings. The molecule has 1 saturated carbocycles. The fourth-order valence-electron chi connectivity index (χ4n) is 5.73. The van der Waals surface area contributed by atoms with Crippen molar-refractivity contribution in [2.24, 2.45) is 5.41 Å². The van der Waals surface area contributed by atoms with Crippen molar-refractivity contribution in [2.75, 3.05) is 31.1 Å². The van der Waals surface area contributed by atoms with Crippen LogP contribution in [0.25, 0.3) is 10.9 Å². The number of aromatic nitrogens is 3. The highest BCUT2D eigenvalue weighted by Gasteiger charge is 2.86. The van der Waals surface area contributed by atoms with E-state index in [0.717, 1.165) is 0 Å². The molecule has 1 aromatic carbocycles. The van der Waals surface area contributed by atoms with Gasteiger partial charge < -0.3 is 14.6 Å². The summed E-state index contributed by atoms with van der Waals surface area (Å²) in [5.74, 6) is -0.401. The van der Waals surface area contributed by atoms with Crippen molar-refractivity contribution in [3.63, 3.8) is 0 Å². The van der Waals surface area contributed by atoms with Crippen molar-refractivity contribution in [2.45, 2.75) is 36.5 Å². The summed E-state index contributed by atoms with van der Waals surface area (Å²) < 4.78 is 64.3. The number of piperidine rings is 2. The number of rotatable bonds is 3. The van der Waals surface area contributed by atoms with Crippen molar-refractivity contribution in [1.29, 1.82) is 5.26 Å². The molecule has 6 rings (SSSR count). The van der Waals surface area contributed by atoms with E-state index in [-0.39, 0.29) is 44.1 Å². The van der Waals surface area contributed by atoms with Crippen LogP contribution in [0.3, 0.4) is 0 Å². The first kappa shape index (κ1) is 21.3. The summed E-state index contributed by atoms with van der Waals surface area (Å²) >= 11 is 0. The number of fused-ring (bicyclic) bond motifs is 2. The summed E-state index contributed by atoms with van der Waals surface area (Å²) in [5, 5.41) is 20.8. The van der Waals surface area contributed by atoms with E-state index in [1.165, 1.54) is 0 Å². The van der Waals surface area contributed by atoms with Gasteiger partial charge in [0.2, 0.25) is 5.89 Å². The lowest BCUT2D eigenvalue weighted by atomic mass is 9.94. The van der Waals surface area contributed by atoms with Crippen LogP contribution in [0.5, 0.6) is 0 Å². The normalized spacial score (nSPS) is 28.0. The van der Waals surface area contributed by atoms with Gasteiger partial charge >= 0.3 is 6.18 Å². The summed E-state index contributed by atoms with van der Waals surface area (Å²) in [6.07, 6.45) is -2.90. The second kappa shape index (κ2) is 6.88. The van der Waals surface area contributed by atoms with Gasteiger partial charge in [-0.2, -0.15) is 18.4 Å². The molecule has 7 nitrogen and oxygen atoms in total. The zero-order valence-corrected chi connectivity index (χ0v) is 18.0. The molecule has 0 unspecified atom stereocenters. The predicted octanol–water partition coefficient (Wildman–Crippen LogP) is 3.75. The van der Waals surface area contributed by atoms with E-state index in [4.69, 9.17) is 4.42 Å². The quantitative estimate of drug-likeness (QED) is 0.581. The van der Waals surface area contributed by atoms with Crippen molar-refractivity contribution in [1.82, 2.24) is 20.5 Å². The zero-order valence-electron chi connectivity index (χ0n) is 18.0. The van der Waals surface area contributed by atoms with Crippen molar-refractivity contribution < 1.29 is 22.0 Å². The van der Waals surface area contributed by atoms with E-state index in [1.54, 1.807) is 35.4 Å². The Bertz CT molecular complexity index is 1330. The number of hydrogen-bond acceptors (Lipinski definition) is 7. The number of pyridine rings is 1. The summed E-state index contributed by atoms with van der Waals surface area (Å²) in [7, 11) is 0. The lowest BCUT2D eigenvalue weighted by molar-refractivity contribution is -0.187. The van der Waals surface area contributed by atoms with Crippen LogP contribution in [0, 0.1) is 16.7 Å². The van der Waals surface area contributed by atoms with Crippen LogP contribution < -0.4 is 10.2 Å². The van der Waals surface area contributed by atoms with Gasteiger partial charge in [0.15, 0.2) is 5.67 Å². The SMILES string of the molecule is N#Cc1ccc(N2C[C@]3(c4nnc(C5(F)CCNCC5)o4)C[C@]3(C(F)(F)F)C2)c2cccnc12. The van der Waals surface area contributed by atoms with Gasteiger partial charge in [0.25, 0.3) is 5.89 Å². The van der Waals surface area contributed by atoms with E-state index in [2.05, 4.69) is 26.6 Å². The largest absolute Gasteiger partial charge is 0.421 e. The fraction of sp³-hybridized carbons (Fsp3) is 0.478. The molecule has 0 spiro atoms. The molecule has 34 heavy (non-hydrogen) atoms. The van der Waals surface area contributed by atoms with Gasteiger partial charge in [-0.1, -0.05) is 0 Å². The maximum atomic E-state index is 15.4. The van der Waals surface area contributed by atoms with Gasteiger partial charge in [-0.25, -0.2) is 4.39 Å². The number of benzene rings is 1. The maximum Gasteiger partial charge on any atom is 0.397 e. The van der Waals surface area contributed by atoms with Crippen LogP contribution >= 0.6 is 0 Å². The minimum absolute atomic E-state index is 0.00905. The molecule has 4 heterocycles. The summed E-state index contributed by atoms with van der Waals surface area (Å²) in [6.45, 7) is 0.554. The topological polar surface area (TPSA) is 90.9 Å². The molecule has 2 atom stereocenters. The van der Waals surface area contributed by atoms with Gasteiger partial charge in [-0.3, -0.25) is 4.98 Å². The number of halogens is 4. The monoisotopic (exact) mass is 472 g/mol. The standard InChI is InChI=1S/C23H20F4N6O/c24-21(5-8-29-9-6-21)19-32-31-18(34-19)20-11-22(20,23(25,26)27)13-33(12-20)16-4-3-14(10-28)17-15(16)2-1-7-30-17/h1-4,7,29H,5-6,8-9,11-13H2/t20-,22-/m0/s1. The second-order valence-corrected chi connectivity index (χ2v) is 9.47. The number of hydrogen-bond donors (Lipinski definition) is 1. The highest BCUT2D eigenvalue weighted by molar-refractivity contribution is 5.95. The number of nitriles is 1. The van der Waals surface area contributed by atoms with E-state index in [0.29, 0.717) is 35.2 Å². The van der Waals surface area contributed by atoms with Crippen molar-refractivity contribution in [3.8, 4) is 6.07 Å². The Kier molecular flexibility index (Phi) is 4.31. The Balaban J connectivity index is 1.41. The third-order valence-electron chi connectivity index (χ3n) is 7.68. The number of nitrogens with one attached hydrogen (secondary N) is 1. The first-order valence-corrected chi connectivity index (χ1v) is 11.1. The number of alkyl halides is 4. The average Bonchev–Trinajstić information content (AvgIpc) is 3.15. The highest BCUT2D eigenvalue weighted by Crippen LogP contribution is 2.75. The predicted molar refractivity (Wildman–Crippen MR) is 113 cm³/mol. The fourth-order valence-corrected chi connectivity index (χ4v) is 5.73. The van der Waals surface area contributed by atoms with Gasteiger partial charge in [0, 0.05) is 43.2 Å². The molecule has 2 aliphatic heterocycles. The zero-order chi connectivity index (χ0) is 23.8. The third kappa shape index (κ3) is 2.75. The van der Waals surface area contributed by atoms with E-state index in [9.17, 15) is 18.4 Å². The molecule has 3 aliphatic rings. The lowest BCUT2D eigenvalue weighted by Crippen LogP contribution is -2.37. The van der Waals surface area contributed by atoms with Crippen LogP contribution in [0.2, 0.25) is 0 Å². The molecule has 0 bridgehead atoms. The summed E-state index contributed by atoms with van der Waals surface area (Å²) in [4.78, 5) is 5.90. The highest BCUT2D eigenvalue weighted by atomic mass is 19.4. The molecule has 1 aliphatic carbocycles. The van der Waals surface area contributed by atoms with E-state index in [1.807, 2.05) is 0 Å². The first-order valence-electron chi connectivity index (χ1n) is 11.1. The Hall–Kier alpha value is -3.26. The maximum absolute atomic E-state index is 15.4. The number of nitrogens with zero attached hydrogens (tertiary/aromatic N) is 5. The number of anilines is 1. The molecule has 0 amide bonds. The van der Waals surface area contributed by atoms with Crippen LogP contribution in [0.4, 0.5) is 23.2 Å². The summed E-state index contributed by atoms with van der Waals surface area (Å²) in [5.41, 5.74) is -4.01. The molecule has 3 aromatic rings. The molecule has 11 heteroatoms. The minimum Gasteiger partial charge on any atom is -0.421 e. The van der Waals surface area contributed by atoms with Crippen LogP contribution in [-0.4, -0.2) is 47.5 Å². The molecule has 0 radical (unpaired) electrons. The molecule has 1 N–H and O–H groups in total. The Morgan fingerprint density at radius 2 is 1.85 bits per heavy atom. The Morgan fingerprint density at radius 1 is 1.09 bits per heavy atom. The molecule has 176 valence electrons. The van der Waals surface area contributed by atoms with Crippen LogP contribution in [-0.2, 0) is 11.1 Å². The van der Waals surface area contributed by atoms with Gasteiger partial charge in [0.05, 0.1) is 16.5 Å². The Labute approximate surface area is 191 Å². The molecule has 2 saturated heterocycles. The van der Waals surface area contributed by atoms with Crippen LogP contribution in [0.15, 0.2) is 34.9 Å². The van der Waals surface area contributed by atoms with Gasteiger partial charge in [-0.05, 0) is 43.8 Å². The average molecular weight is 472 g/mol. The van der Waals surface area contributed by atoms with Crippen molar-refractivity contribution >= 4 is 16.6 Å². The summed E-state index contributed by atoms with van der Waals surface area (Å²) in [6, 6.07) is 8.71. The molecular formula is C23H20F4N6O. The van der Waals surface area contributed by atoms with E-state index >= 15 is 4.39 Å². The smallest absolute Gasteiger partial charge is 0.397 e. The van der Waals surface area contributed by atoms with Crippen molar-refractivity contribution in [3.05, 3.63) is 47.8 Å². The first-order chi connectivity index (χ1) is 16.2. The molecular weight excluding hydrogens is 452 g/mol. The van der Waals surface area contributed by atoms with Gasteiger partial charge in [0.1, 0.15) is 11.5 Å². The van der Waals surface area contributed by atoms with E-state index < -0.39 is 22.7 Å². The lowest BCUT2D eigenvalue weighted by Gasteiger charge is -2.26. The Morgan fingerprint density at radius 3 is 2.59 bits per heavy atom.